The van der Waals surface area contributed by atoms with Crippen LogP contribution in [0.2, 0.25) is 0 Å². The molecule has 0 aromatic heterocycles. The molecule has 119 heavy (non-hydrogen) atoms. The molecule has 0 amide bonds. The van der Waals surface area contributed by atoms with Gasteiger partial charge in [0.1, 0.15) is 51.7 Å². The number of hydrogen-bond acceptors (Lipinski definition) is 9. The highest BCUT2D eigenvalue weighted by atomic mass is 16.5. The third kappa shape index (κ3) is 44.5. The van der Waals surface area contributed by atoms with Gasteiger partial charge >= 0.3 is 0 Å². The van der Waals surface area contributed by atoms with Crippen LogP contribution in [0.25, 0.3) is 0 Å². The minimum absolute atomic E-state index is 0. The molecular formula is C110H152O9. The molecule has 9 heteroatoms. The number of ether oxygens (including phenoxy) is 9. The van der Waals surface area contributed by atoms with E-state index in [0.29, 0.717) is 0 Å². The minimum Gasteiger partial charge on any atom is -0.497 e. The number of para-hydroxylation sites is 4. The van der Waals surface area contributed by atoms with Crippen LogP contribution < -0.4 is 42.6 Å². The molecule has 0 aliphatic carbocycles. The van der Waals surface area contributed by atoms with Gasteiger partial charge in [0.2, 0.25) is 0 Å². The molecule has 0 N–H and O–H groups in total. The van der Waals surface area contributed by atoms with Gasteiger partial charge in [-0.1, -0.05) is 328 Å². The summed E-state index contributed by atoms with van der Waals surface area (Å²) in [6.07, 6.45) is 6.57. The summed E-state index contributed by atoms with van der Waals surface area (Å²) in [7, 11) is 15.1. The maximum atomic E-state index is 5.48. The Labute approximate surface area is 725 Å². The summed E-state index contributed by atoms with van der Waals surface area (Å²) < 4.78 is 45.6. The summed E-state index contributed by atoms with van der Waals surface area (Å²) in [6.45, 7) is 41.3. The molecule has 0 bridgehead atoms. The first-order valence-electron chi connectivity index (χ1n) is 39.5. The van der Waals surface area contributed by atoms with Crippen molar-refractivity contribution in [1.29, 1.82) is 0 Å². The largest absolute Gasteiger partial charge is 0.497 e. The standard InChI is InChI=1S/C23H28O.C17H20O.C15H16O.3C8H10O.3C7H8O.3C2H6.4CH4/c1-7-9-18-15-20(12-11-17(18)3)23(4,5)21-13-14-22(24-6)19(16-21)10-8-2;1-13-5-7-14(8-6-13)17(2,3)15-9-11-16(18-4)12-10-15;1-12-3-5-13(6-4-12)11-14-7-9-15(16-2)10-8-14;1-7-3-5-8(9-2)6-4-7;1-7-4-3-5-8(6-7)9-2;1-7-5-3-4-6-8(7)9-2;3*1-8-7-5-3-2-4-6-7;3*1-2;;;;/h7-8,11-16H,1-2,9-10H2,3-6H3;5-12H,1-4H3;3-10H,11H2,1-2H3;3*3-6H,1-2H3;3*2-6H,1H3;3*1-2H3;4*1H4. The van der Waals surface area contributed by atoms with Gasteiger partial charge in [-0.3, -0.25) is 0 Å². The number of aryl methyl sites for hydroxylation is 6. The molecular weight excluding hydrogens is 1470 g/mol. The second kappa shape index (κ2) is 67.4. The minimum atomic E-state index is -0.0776. The van der Waals surface area contributed by atoms with Crippen LogP contribution in [0, 0.1) is 41.5 Å². The third-order valence-corrected chi connectivity index (χ3v) is 17.8. The highest BCUT2D eigenvalue weighted by Crippen LogP contribution is 2.36. The van der Waals surface area contributed by atoms with Crippen molar-refractivity contribution in [1.82, 2.24) is 0 Å². The van der Waals surface area contributed by atoms with Crippen molar-refractivity contribution in [3.8, 4) is 51.7 Å². The molecule has 646 valence electrons. The lowest BCUT2D eigenvalue weighted by Gasteiger charge is -2.28. The maximum Gasteiger partial charge on any atom is 0.122 e. The number of benzene rings is 12. The van der Waals surface area contributed by atoms with E-state index in [4.69, 9.17) is 42.6 Å². The lowest BCUT2D eigenvalue weighted by Crippen LogP contribution is -2.19. The van der Waals surface area contributed by atoms with Crippen LogP contribution in [0.15, 0.2) is 323 Å². The Bertz CT molecular complexity index is 4330. The zero-order valence-electron chi connectivity index (χ0n) is 74.2. The molecule has 0 fully saturated rings. The summed E-state index contributed by atoms with van der Waals surface area (Å²) >= 11 is 0. The Morgan fingerprint density at radius 1 is 0.244 bits per heavy atom. The van der Waals surface area contributed by atoms with Crippen molar-refractivity contribution in [3.05, 3.63) is 400 Å². The second-order valence-corrected chi connectivity index (χ2v) is 26.6. The first-order chi connectivity index (χ1) is 55.5. The Kier molecular flexibility index (Phi) is 64.3. The average Bonchev–Trinajstić information content (AvgIpc) is 0.790. The van der Waals surface area contributed by atoms with Crippen molar-refractivity contribution in [2.24, 2.45) is 0 Å². The molecule has 12 rings (SSSR count). The second-order valence-electron chi connectivity index (χ2n) is 26.6. The van der Waals surface area contributed by atoms with Crippen LogP contribution >= 0.6 is 0 Å². The fourth-order valence-corrected chi connectivity index (χ4v) is 10.8. The molecule has 0 atom stereocenters. The van der Waals surface area contributed by atoms with E-state index in [9.17, 15) is 0 Å². The highest BCUT2D eigenvalue weighted by molar-refractivity contribution is 5.48. The summed E-state index contributed by atoms with van der Waals surface area (Å²) in [5, 5.41) is 0. The number of hydrogen-bond donors (Lipinski definition) is 0. The van der Waals surface area contributed by atoms with Crippen LogP contribution in [-0.2, 0) is 30.1 Å². The summed E-state index contributed by atoms with van der Waals surface area (Å²) in [4.78, 5) is 0. The SMILES string of the molecule is C.C.C.C.C=CCc1cc(C(C)(C)c2ccc(OC)c(CC=C)c2)ccc1C.CC.CC.CC.COc1ccc(C(C)(C)c2ccc(C)cc2)cc1.COc1ccc(C)cc1.COc1ccc(Cc2ccc(C)cc2)cc1.COc1cccc(C)c1.COc1ccccc1.COc1ccccc1.COc1ccccc1.COc1ccccc1C. The van der Waals surface area contributed by atoms with Gasteiger partial charge in [-0.25, -0.2) is 0 Å². The van der Waals surface area contributed by atoms with Gasteiger partial charge in [0.25, 0.3) is 0 Å². The van der Waals surface area contributed by atoms with Gasteiger partial charge in [-0.2, -0.15) is 0 Å². The number of methoxy groups -OCH3 is 9. The smallest absolute Gasteiger partial charge is 0.122 e. The van der Waals surface area contributed by atoms with E-state index in [1.54, 1.807) is 64.0 Å². The molecule has 12 aromatic carbocycles. The molecule has 0 spiro atoms. The predicted molar refractivity (Wildman–Crippen MR) is 521 cm³/mol. The summed E-state index contributed by atoms with van der Waals surface area (Å²) in [6, 6.07) is 100. The van der Waals surface area contributed by atoms with Gasteiger partial charge in [-0.15, -0.1) is 13.2 Å². The van der Waals surface area contributed by atoms with Gasteiger partial charge in [0.15, 0.2) is 0 Å². The normalized spacial score (nSPS) is 9.29. The lowest BCUT2D eigenvalue weighted by molar-refractivity contribution is 0.410. The molecule has 0 aliphatic heterocycles. The molecule has 0 radical (unpaired) electrons. The van der Waals surface area contributed by atoms with Crippen LogP contribution in [0.5, 0.6) is 51.7 Å². The summed E-state index contributed by atoms with van der Waals surface area (Å²) in [5.41, 5.74) is 17.9. The Balaban J connectivity index is -0.000000635. The lowest BCUT2D eigenvalue weighted by atomic mass is 9.76. The molecule has 9 nitrogen and oxygen atoms in total. The highest BCUT2D eigenvalue weighted by Gasteiger charge is 2.25. The van der Waals surface area contributed by atoms with Crippen molar-refractivity contribution < 1.29 is 42.6 Å². The van der Waals surface area contributed by atoms with E-state index >= 15 is 0 Å². The quantitative estimate of drug-likeness (QED) is 0.0735. The monoisotopic (exact) mass is 1620 g/mol. The van der Waals surface area contributed by atoms with Gasteiger partial charge in [-0.05, 0) is 219 Å². The van der Waals surface area contributed by atoms with E-state index < -0.39 is 0 Å². The summed E-state index contributed by atoms with van der Waals surface area (Å²) in [5.74, 6) is 8.26. The van der Waals surface area contributed by atoms with Crippen LogP contribution in [0.4, 0.5) is 0 Å². The number of allylic oxidation sites excluding steroid dienone is 2. The van der Waals surface area contributed by atoms with Crippen molar-refractivity contribution >= 4 is 0 Å². The molecule has 0 aliphatic rings. The van der Waals surface area contributed by atoms with Crippen LogP contribution in [0.1, 0.15) is 177 Å². The van der Waals surface area contributed by atoms with Crippen molar-refractivity contribution in [2.75, 3.05) is 64.0 Å². The fraction of sp³-hybridized carbons (Fsp3) is 0.309. The van der Waals surface area contributed by atoms with Crippen molar-refractivity contribution in [2.45, 2.75) is 171 Å². The first kappa shape index (κ1) is 114. The zero-order valence-corrected chi connectivity index (χ0v) is 74.2. The van der Waals surface area contributed by atoms with E-state index in [0.717, 1.165) is 71.0 Å². The van der Waals surface area contributed by atoms with E-state index in [-0.39, 0.29) is 40.5 Å². The molecule has 12 aromatic rings. The Morgan fingerprint density at radius 2 is 0.529 bits per heavy atom. The van der Waals surface area contributed by atoms with Gasteiger partial charge in [0.05, 0.1) is 64.0 Å². The maximum absolute atomic E-state index is 5.48. The Hall–Kier alpha value is -11.7. The molecule has 0 heterocycles. The molecule has 0 unspecified atom stereocenters. The van der Waals surface area contributed by atoms with Gasteiger partial charge in [0, 0.05) is 10.8 Å². The first-order valence-corrected chi connectivity index (χ1v) is 39.5. The van der Waals surface area contributed by atoms with Crippen LogP contribution in [-0.4, -0.2) is 64.0 Å². The van der Waals surface area contributed by atoms with Crippen LogP contribution in [0.3, 0.4) is 0 Å². The number of rotatable bonds is 19. The van der Waals surface area contributed by atoms with E-state index in [2.05, 4.69) is 178 Å². The molecule has 0 saturated carbocycles. The third-order valence-electron chi connectivity index (χ3n) is 17.8. The van der Waals surface area contributed by atoms with E-state index in [1.807, 2.05) is 256 Å². The fourth-order valence-electron chi connectivity index (χ4n) is 10.8. The average molecular weight is 1620 g/mol. The predicted octanol–water partition coefficient (Wildman–Crippen LogP) is 30.4. The Morgan fingerprint density at radius 3 is 0.874 bits per heavy atom. The van der Waals surface area contributed by atoms with Crippen molar-refractivity contribution in [3.63, 3.8) is 0 Å². The topological polar surface area (TPSA) is 83.1 Å². The van der Waals surface area contributed by atoms with E-state index in [1.165, 1.54) is 77.9 Å². The van der Waals surface area contributed by atoms with Gasteiger partial charge < -0.3 is 42.6 Å². The zero-order chi connectivity index (χ0) is 85.8. The molecule has 0 saturated heterocycles.